The van der Waals surface area contributed by atoms with Gasteiger partial charge in [-0.2, -0.15) is 0 Å². The summed E-state index contributed by atoms with van der Waals surface area (Å²) >= 11 is 0. The van der Waals surface area contributed by atoms with Crippen LogP contribution in [0.3, 0.4) is 0 Å². The predicted octanol–water partition coefficient (Wildman–Crippen LogP) is 4.58. The van der Waals surface area contributed by atoms with Gasteiger partial charge in [0.15, 0.2) is 0 Å². The highest BCUT2D eigenvalue weighted by molar-refractivity contribution is 5.75. The standard InChI is InChI=1S/C24H28FNO3/c1-16(27)6-4-7-17-8-5-9-19(12-17)29-24-21-13-18(25)14-23(28)20(21)15-22(24)26-10-2-3-11-26/h5,8-9,12-14,22,24,28H,2-4,6-7,10-11,15H2,1H3. The van der Waals surface area contributed by atoms with Crippen LogP contribution in [0.15, 0.2) is 36.4 Å². The largest absolute Gasteiger partial charge is 0.508 e. The highest BCUT2D eigenvalue weighted by Crippen LogP contribution is 2.43. The van der Waals surface area contributed by atoms with Gasteiger partial charge in [-0.3, -0.25) is 4.90 Å². The number of nitrogens with zero attached hydrogens (tertiary/aromatic N) is 1. The minimum atomic E-state index is -0.435. The molecule has 0 bridgehead atoms. The summed E-state index contributed by atoms with van der Waals surface area (Å²) in [5, 5.41) is 10.3. The van der Waals surface area contributed by atoms with Crippen LogP contribution < -0.4 is 4.74 Å². The first-order valence-corrected chi connectivity index (χ1v) is 10.5. The van der Waals surface area contributed by atoms with Gasteiger partial charge in [-0.05, 0) is 75.9 Å². The smallest absolute Gasteiger partial charge is 0.140 e. The number of carbonyl (C=O) groups excluding carboxylic acids is 1. The Bertz CT molecular complexity index is 892. The van der Waals surface area contributed by atoms with E-state index >= 15 is 0 Å². The molecule has 1 saturated heterocycles. The van der Waals surface area contributed by atoms with Crippen molar-refractivity contribution < 1.29 is 19.0 Å². The first-order valence-electron chi connectivity index (χ1n) is 10.5. The van der Waals surface area contributed by atoms with Crippen molar-refractivity contribution >= 4 is 5.78 Å². The fourth-order valence-electron chi connectivity index (χ4n) is 4.64. The molecule has 0 saturated carbocycles. The number of likely N-dealkylation sites (tertiary alicyclic amines) is 1. The second kappa shape index (κ2) is 8.54. The summed E-state index contributed by atoms with van der Waals surface area (Å²) in [5.41, 5.74) is 2.68. The molecule has 0 amide bonds. The second-order valence-electron chi connectivity index (χ2n) is 8.25. The van der Waals surface area contributed by atoms with Crippen LogP contribution in [-0.2, 0) is 17.6 Å². The van der Waals surface area contributed by atoms with Crippen LogP contribution in [0.1, 0.15) is 55.4 Å². The number of phenolic OH excluding ortho intramolecular Hbond substituents is 1. The zero-order valence-electron chi connectivity index (χ0n) is 16.9. The van der Waals surface area contributed by atoms with E-state index in [1.807, 2.05) is 24.3 Å². The third-order valence-electron chi connectivity index (χ3n) is 6.06. The van der Waals surface area contributed by atoms with Crippen molar-refractivity contribution in [3.05, 3.63) is 58.9 Å². The number of ether oxygens (including phenoxy) is 1. The minimum absolute atomic E-state index is 0.0216. The fraction of sp³-hybridized carbons (Fsp3) is 0.458. The molecule has 1 fully saturated rings. The number of fused-ring (bicyclic) bond motifs is 1. The maximum Gasteiger partial charge on any atom is 0.140 e. The van der Waals surface area contributed by atoms with E-state index in [1.165, 1.54) is 12.1 Å². The molecule has 0 aromatic heterocycles. The molecule has 5 heteroatoms. The molecule has 29 heavy (non-hydrogen) atoms. The van der Waals surface area contributed by atoms with Crippen molar-refractivity contribution in [2.24, 2.45) is 0 Å². The number of halogens is 1. The molecule has 4 nitrogen and oxygen atoms in total. The van der Waals surface area contributed by atoms with E-state index in [9.17, 15) is 14.3 Å². The van der Waals surface area contributed by atoms with Gasteiger partial charge >= 0.3 is 0 Å². The number of benzene rings is 2. The highest BCUT2D eigenvalue weighted by Gasteiger charge is 2.40. The molecular weight excluding hydrogens is 369 g/mol. The maximum absolute atomic E-state index is 14.1. The van der Waals surface area contributed by atoms with E-state index in [2.05, 4.69) is 4.90 Å². The molecule has 1 aliphatic heterocycles. The Labute approximate surface area is 171 Å². The van der Waals surface area contributed by atoms with Crippen LogP contribution >= 0.6 is 0 Å². The van der Waals surface area contributed by atoms with Crippen LogP contribution in [0.25, 0.3) is 0 Å². The van der Waals surface area contributed by atoms with E-state index in [1.54, 1.807) is 6.92 Å². The Balaban J connectivity index is 1.57. The average molecular weight is 397 g/mol. The van der Waals surface area contributed by atoms with Crippen LogP contribution in [0.4, 0.5) is 4.39 Å². The number of rotatable bonds is 7. The third kappa shape index (κ3) is 4.45. The summed E-state index contributed by atoms with van der Waals surface area (Å²) in [6.07, 6.45) is 4.90. The van der Waals surface area contributed by atoms with E-state index < -0.39 is 5.82 Å². The normalized spacial score (nSPS) is 21.3. The lowest BCUT2D eigenvalue weighted by Crippen LogP contribution is -2.38. The zero-order valence-corrected chi connectivity index (χ0v) is 16.9. The van der Waals surface area contributed by atoms with E-state index in [4.69, 9.17) is 4.74 Å². The molecule has 2 unspecified atom stereocenters. The van der Waals surface area contributed by atoms with Gasteiger partial charge in [0, 0.05) is 23.6 Å². The van der Waals surface area contributed by atoms with Gasteiger partial charge in [-0.1, -0.05) is 12.1 Å². The Morgan fingerprint density at radius 2 is 2.03 bits per heavy atom. The molecule has 2 aromatic carbocycles. The van der Waals surface area contributed by atoms with Gasteiger partial charge < -0.3 is 14.6 Å². The molecule has 0 spiro atoms. The summed E-state index contributed by atoms with van der Waals surface area (Å²) in [5.74, 6) is 0.537. The summed E-state index contributed by atoms with van der Waals surface area (Å²) in [6, 6.07) is 10.7. The lowest BCUT2D eigenvalue weighted by molar-refractivity contribution is -0.117. The Hall–Kier alpha value is -2.40. The number of ketones is 1. The van der Waals surface area contributed by atoms with Gasteiger partial charge in [0.2, 0.25) is 0 Å². The van der Waals surface area contributed by atoms with E-state index in [-0.39, 0.29) is 23.7 Å². The predicted molar refractivity (Wildman–Crippen MR) is 110 cm³/mol. The number of carbonyl (C=O) groups is 1. The first kappa shape index (κ1) is 19.9. The fourth-order valence-corrected chi connectivity index (χ4v) is 4.64. The number of hydrogen-bond donors (Lipinski definition) is 1. The first-order chi connectivity index (χ1) is 14.0. The molecule has 1 aliphatic carbocycles. The van der Waals surface area contributed by atoms with Crippen LogP contribution in [-0.4, -0.2) is 34.9 Å². The highest BCUT2D eigenvalue weighted by atomic mass is 19.1. The number of hydrogen-bond acceptors (Lipinski definition) is 4. The minimum Gasteiger partial charge on any atom is -0.508 e. The second-order valence-corrected chi connectivity index (χ2v) is 8.25. The monoisotopic (exact) mass is 397 g/mol. The molecule has 1 N–H and O–H groups in total. The summed E-state index contributed by atoms with van der Waals surface area (Å²) in [7, 11) is 0. The van der Waals surface area contributed by atoms with Crippen molar-refractivity contribution in [3.63, 3.8) is 0 Å². The molecule has 154 valence electrons. The quantitative estimate of drug-likeness (QED) is 0.743. The lowest BCUT2D eigenvalue weighted by atomic mass is 10.1. The number of Topliss-reactive ketones (excluding diaryl/α,β-unsaturated/α-hetero) is 1. The van der Waals surface area contributed by atoms with Crippen molar-refractivity contribution in [1.29, 1.82) is 0 Å². The number of phenols is 1. The Morgan fingerprint density at radius 3 is 2.79 bits per heavy atom. The summed E-state index contributed by atoms with van der Waals surface area (Å²) < 4.78 is 20.5. The molecule has 2 aliphatic rings. The van der Waals surface area contributed by atoms with Gasteiger partial charge in [-0.25, -0.2) is 4.39 Å². The molecule has 2 aromatic rings. The Kier molecular flexibility index (Phi) is 5.86. The van der Waals surface area contributed by atoms with Crippen molar-refractivity contribution in [3.8, 4) is 11.5 Å². The average Bonchev–Trinajstić information content (AvgIpc) is 3.31. The molecular formula is C24H28FNO3. The lowest BCUT2D eigenvalue weighted by Gasteiger charge is -2.30. The third-order valence-corrected chi connectivity index (χ3v) is 6.06. The van der Waals surface area contributed by atoms with Crippen molar-refractivity contribution in [2.75, 3.05) is 13.1 Å². The summed E-state index contributed by atoms with van der Waals surface area (Å²) in [4.78, 5) is 13.6. The number of aryl methyl sites for hydroxylation is 1. The molecule has 2 atom stereocenters. The van der Waals surface area contributed by atoms with Gasteiger partial charge in [-0.15, -0.1) is 0 Å². The van der Waals surface area contributed by atoms with Crippen molar-refractivity contribution in [1.82, 2.24) is 4.90 Å². The van der Waals surface area contributed by atoms with Crippen molar-refractivity contribution in [2.45, 2.75) is 57.6 Å². The zero-order chi connectivity index (χ0) is 20.4. The van der Waals surface area contributed by atoms with Crippen LogP contribution in [0.5, 0.6) is 11.5 Å². The van der Waals surface area contributed by atoms with Crippen LogP contribution in [0.2, 0.25) is 0 Å². The van der Waals surface area contributed by atoms with Gasteiger partial charge in [0.05, 0.1) is 6.04 Å². The topological polar surface area (TPSA) is 49.8 Å². The summed E-state index contributed by atoms with van der Waals surface area (Å²) in [6.45, 7) is 3.63. The number of aromatic hydroxyl groups is 1. The Morgan fingerprint density at radius 1 is 1.24 bits per heavy atom. The van der Waals surface area contributed by atoms with Gasteiger partial charge in [0.1, 0.15) is 29.2 Å². The molecule has 0 radical (unpaired) electrons. The molecule has 1 heterocycles. The van der Waals surface area contributed by atoms with Crippen LogP contribution in [0, 0.1) is 5.82 Å². The maximum atomic E-state index is 14.1. The van der Waals surface area contributed by atoms with Gasteiger partial charge in [0.25, 0.3) is 0 Å². The van der Waals surface area contributed by atoms with E-state index in [0.29, 0.717) is 12.8 Å². The SMILES string of the molecule is CC(=O)CCCc1cccc(OC2c3cc(F)cc(O)c3CC2N2CCCC2)c1. The van der Waals surface area contributed by atoms with E-state index in [0.717, 1.165) is 61.2 Å². The molecule has 4 rings (SSSR count).